The molecule has 2 aromatic rings. The van der Waals surface area contributed by atoms with Gasteiger partial charge in [0.15, 0.2) is 0 Å². The van der Waals surface area contributed by atoms with Crippen LogP contribution < -0.4 is 5.32 Å². The standard InChI is InChI=1S/C15H23N5/c1-4-6-16-13-5-7-17-14(10-13)11-19(2)12-15-18-8-9-20(15)3/h5,7-10H,4,6,11-12H2,1-3H3,(H,16,17). The SMILES string of the molecule is CCCNc1ccnc(CN(C)Cc2nccn2C)c1. The minimum Gasteiger partial charge on any atom is -0.385 e. The molecule has 0 atom stereocenters. The van der Waals surface area contributed by atoms with Crippen molar-refractivity contribution in [2.75, 3.05) is 18.9 Å². The fraction of sp³-hybridized carbons (Fsp3) is 0.467. The fourth-order valence-electron chi connectivity index (χ4n) is 2.07. The van der Waals surface area contributed by atoms with Gasteiger partial charge in [-0.1, -0.05) is 6.92 Å². The van der Waals surface area contributed by atoms with Crippen molar-refractivity contribution in [2.24, 2.45) is 7.05 Å². The first-order valence-corrected chi connectivity index (χ1v) is 7.02. The van der Waals surface area contributed by atoms with E-state index < -0.39 is 0 Å². The molecule has 0 saturated carbocycles. The van der Waals surface area contributed by atoms with Gasteiger partial charge in [0.25, 0.3) is 0 Å². The Hall–Kier alpha value is -1.88. The Balaban J connectivity index is 1.93. The van der Waals surface area contributed by atoms with Gasteiger partial charge in [-0.2, -0.15) is 0 Å². The Kier molecular flexibility index (Phi) is 5.12. The van der Waals surface area contributed by atoms with Crippen LogP contribution in [0.1, 0.15) is 24.9 Å². The summed E-state index contributed by atoms with van der Waals surface area (Å²) in [6.45, 7) is 4.79. The van der Waals surface area contributed by atoms with Crippen molar-refractivity contribution in [1.82, 2.24) is 19.4 Å². The molecule has 108 valence electrons. The average Bonchev–Trinajstić information content (AvgIpc) is 2.82. The number of nitrogens with one attached hydrogen (secondary N) is 1. The van der Waals surface area contributed by atoms with Gasteiger partial charge < -0.3 is 9.88 Å². The maximum atomic E-state index is 4.43. The van der Waals surface area contributed by atoms with Crippen molar-refractivity contribution >= 4 is 5.69 Å². The molecule has 0 radical (unpaired) electrons. The van der Waals surface area contributed by atoms with Crippen LogP contribution in [-0.2, 0) is 20.1 Å². The molecular formula is C15H23N5. The Morgan fingerprint density at radius 3 is 2.80 bits per heavy atom. The Bertz CT molecular complexity index is 535. The number of hydrogen-bond acceptors (Lipinski definition) is 4. The number of anilines is 1. The molecule has 1 N–H and O–H groups in total. The van der Waals surface area contributed by atoms with E-state index in [2.05, 4.69) is 40.2 Å². The van der Waals surface area contributed by atoms with Crippen molar-refractivity contribution < 1.29 is 0 Å². The van der Waals surface area contributed by atoms with Crippen LogP contribution in [0.15, 0.2) is 30.7 Å². The second-order valence-corrected chi connectivity index (χ2v) is 5.09. The number of imidazole rings is 1. The second-order valence-electron chi connectivity index (χ2n) is 5.09. The molecule has 0 aromatic carbocycles. The summed E-state index contributed by atoms with van der Waals surface area (Å²) < 4.78 is 2.04. The molecule has 0 amide bonds. The number of aromatic nitrogens is 3. The third-order valence-electron chi connectivity index (χ3n) is 3.16. The Morgan fingerprint density at radius 1 is 1.25 bits per heavy atom. The average molecular weight is 273 g/mol. The van der Waals surface area contributed by atoms with Crippen LogP contribution in [0.3, 0.4) is 0 Å². The number of hydrogen-bond donors (Lipinski definition) is 1. The zero-order chi connectivity index (χ0) is 14.4. The maximum absolute atomic E-state index is 4.43. The lowest BCUT2D eigenvalue weighted by atomic mass is 10.3. The summed E-state index contributed by atoms with van der Waals surface area (Å²) in [5, 5.41) is 3.39. The monoisotopic (exact) mass is 273 g/mol. The molecule has 0 saturated heterocycles. The molecule has 0 aliphatic carbocycles. The van der Waals surface area contributed by atoms with Crippen LogP contribution in [0.5, 0.6) is 0 Å². The molecule has 0 bridgehead atoms. The largest absolute Gasteiger partial charge is 0.385 e. The number of pyridine rings is 1. The molecular weight excluding hydrogens is 250 g/mol. The molecule has 2 aromatic heterocycles. The van der Waals surface area contributed by atoms with E-state index >= 15 is 0 Å². The first-order valence-electron chi connectivity index (χ1n) is 7.02. The fourth-order valence-corrected chi connectivity index (χ4v) is 2.07. The van der Waals surface area contributed by atoms with E-state index in [-0.39, 0.29) is 0 Å². The summed E-state index contributed by atoms with van der Waals surface area (Å²) in [4.78, 5) is 11.0. The summed E-state index contributed by atoms with van der Waals surface area (Å²) >= 11 is 0. The van der Waals surface area contributed by atoms with Gasteiger partial charge in [-0.25, -0.2) is 4.98 Å². The zero-order valence-electron chi connectivity index (χ0n) is 12.5. The topological polar surface area (TPSA) is 46.0 Å². The Morgan fingerprint density at radius 2 is 2.10 bits per heavy atom. The van der Waals surface area contributed by atoms with Gasteiger partial charge in [-0.3, -0.25) is 9.88 Å². The minimum absolute atomic E-state index is 0.814. The molecule has 5 heteroatoms. The van der Waals surface area contributed by atoms with Crippen molar-refractivity contribution in [2.45, 2.75) is 26.4 Å². The lowest BCUT2D eigenvalue weighted by Crippen LogP contribution is -2.20. The van der Waals surface area contributed by atoms with Gasteiger partial charge in [-0.05, 0) is 25.6 Å². The smallest absolute Gasteiger partial charge is 0.122 e. The lowest BCUT2D eigenvalue weighted by molar-refractivity contribution is 0.303. The highest BCUT2D eigenvalue weighted by molar-refractivity contribution is 5.43. The number of rotatable bonds is 7. The van der Waals surface area contributed by atoms with Crippen LogP contribution >= 0.6 is 0 Å². The molecule has 0 aliphatic rings. The first-order chi connectivity index (χ1) is 9.69. The van der Waals surface area contributed by atoms with E-state index in [1.807, 2.05) is 36.3 Å². The van der Waals surface area contributed by atoms with Gasteiger partial charge in [0.05, 0.1) is 12.2 Å². The highest BCUT2D eigenvalue weighted by Crippen LogP contribution is 2.10. The minimum atomic E-state index is 0.814. The summed E-state index contributed by atoms with van der Waals surface area (Å²) in [6.07, 6.45) is 6.78. The van der Waals surface area contributed by atoms with Gasteiger partial charge >= 0.3 is 0 Å². The van der Waals surface area contributed by atoms with Crippen molar-refractivity contribution in [3.05, 3.63) is 42.2 Å². The second kappa shape index (κ2) is 7.05. The van der Waals surface area contributed by atoms with Gasteiger partial charge in [0.2, 0.25) is 0 Å². The van der Waals surface area contributed by atoms with Gasteiger partial charge in [0, 0.05) is 44.4 Å². The van der Waals surface area contributed by atoms with E-state index in [0.29, 0.717) is 0 Å². The molecule has 0 spiro atoms. The van der Waals surface area contributed by atoms with Crippen LogP contribution in [0.4, 0.5) is 5.69 Å². The van der Waals surface area contributed by atoms with Crippen LogP contribution in [0, 0.1) is 0 Å². The lowest BCUT2D eigenvalue weighted by Gasteiger charge is -2.16. The maximum Gasteiger partial charge on any atom is 0.122 e. The van der Waals surface area contributed by atoms with E-state index in [4.69, 9.17) is 0 Å². The molecule has 2 rings (SSSR count). The molecule has 2 heterocycles. The van der Waals surface area contributed by atoms with Crippen LogP contribution in [-0.4, -0.2) is 33.0 Å². The summed E-state index contributed by atoms with van der Waals surface area (Å²) in [5.74, 6) is 1.06. The third kappa shape index (κ3) is 4.06. The van der Waals surface area contributed by atoms with E-state index in [1.165, 1.54) is 0 Å². The van der Waals surface area contributed by atoms with Crippen LogP contribution in [0.25, 0.3) is 0 Å². The van der Waals surface area contributed by atoms with Crippen molar-refractivity contribution in [3.63, 3.8) is 0 Å². The van der Waals surface area contributed by atoms with E-state index in [0.717, 1.165) is 43.3 Å². The summed E-state index contributed by atoms with van der Waals surface area (Å²) in [7, 11) is 4.10. The highest BCUT2D eigenvalue weighted by atomic mass is 15.2. The van der Waals surface area contributed by atoms with E-state index in [9.17, 15) is 0 Å². The highest BCUT2D eigenvalue weighted by Gasteiger charge is 2.06. The molecule has 0 aliphatic heterocycles. The summed E-state index contributed by atoms with van der Waals surface area (Å²) in [6, 6.07) is 4.13. The zero-order valence-corrected chi connectivity index (χ0v) is 12.5. The quantitative estimate of drug-likeness (QED) is 0.840. The van der Waals surface area contributed by atoms with E-state index in [1.54, 1.807) is 0 Å². The normalized spacial score (nSPS) is 11.0. The molecule has 20 heavy (non-hydrogen) atoms. The summed E-state index contributed by atoms with van der Waals surface area (Å²) in [5.41, 5.74) is 2.21. The number of nitrogens with zero attached hydrogens (tertiary/aromatic N) is 4. The van der Waals surface area contributed by atoms with Gasteiger partial charge in [-0.15, -0.1) is 0 Å². The molecule has 0 unspecified atom stereocenters. The van der Waals surface area contributed by atoms with Crippen molar-refractivity contribution in [3.8, 4) is 0 Å². The predicted octanol–water partition coefficient (Wildman–Crippen LogP) is 2.27. The molecule has 0 fully saturated rings. The molecule has 5 nitrogen and oxygen atoms in total. The predicted molar refractivity (Wildman–Crippen MR) is 81.4 cm³/mol. The van der Waals surface area contributed by atoms with Gasteiger partial charge in [0.1, 0.15) is 5.82 Å². The first kappa shape index (κ1) is 14.5. The van der Waals surface area contributed by atoms with Crippen molar-refractivity contribution in [1.29, 1.82) is 0 Å². The Labute approximate surface area is 120 Å². The van der Waals surface area contributed by atoms with Crippen LogP contribution in [0.2, 0.25) is 0 Å². The third-order valence-corrected chi connectivity index (χ3v) is 3.16. The number of aryl methyl sites for hydroxylation is 1.